The number of hydrogen-bond acceptors (Lipinski definition) is 9. The first-order valence-corrected chi connectivity index (χ1v) is 11.8. The van der Waals surface area contributed by atoms with Gasteiger partial charge in [0.15, 0.2) is 11.5 Å². The lowest BCUT2D eigenvalue weighted by molar-refractivity contribution is 0.210. The van der Waals surface area contributed by atoms with Gasteiger partial charge in [0, 0.05) is 31.9 Å². The van der Waals surface area contributed by atoms with Crippen LogP contribution in [-0.2, 0) is 0 Å². The highest BCUT2D eigenvalue weighted by molar-refractivity contribution is 7.17. The molecule has 0 saturated carbocycles. The molecule has 4 aromatic rings. The van der Waals surface area contributed by atoms with Crippen LogP contribution in [-0.4, -0.2) is 72.1 Å². The van der Waals surface area contributed by atoms with Crippen LogP contribution in [0.4, 0.5) is 5.69 Å². The summed E-state index contributed by atoms with van der Waals surface area (Å²) in [6.07, 6.45) is 1.45. The molecule has 1 aliphatic rings. The third-order valence-electron chi connectivity index (χ3n) is 6.19. The molecule has 178 valence electrons. The van der Waals surface area contributed by atoms with Gasteiger partial charge in [-0.05, 0) is 29.8 Å². The van der Waals surface area contributed by atoms with Gasteiger partial charge >= 0.3 is 0 Å². The minimum atomic E-state index is -0.236. The fourth-order valence-corrected chi connectivity index (χ4v) is 5.63. The molecule has 3 heterocycles. The average molecular weight is 482 g/mol. The first kappa shape index (κ1) is 22.3. The molecule has 34 heavy (non-hydrogen) atoms. The van der Waals surface area contributed by atoms with Crippen molar-refractivity contribution in [3.8, 4) is 23.1 Å². The quantitative estimate of drug-likeness (QED) is 0.430. The predicted molar refractivity (Wildman–Crippen MR) is 131 cm³/mol. The van der Waals surface area contributed by atoms with Crippen LogP contribution in [0.5, 0.6) is 23.1 Å². The molecular formula is C24H27N5O4S. The topological polar surface area (TPSA) is 84.6 Å². The number of rotatable bonds is 7. The Morgan fingerprint density at radius 2 is 1.62 bits per heavy atom. The molecule has 1 saturated heterocycles. The molecule has 10 heteroatoms. The van der Waals surface area contributed by atoms with Gasteiger partial charge in [-0.2, -0.15) is 9.61 Å². The minimum absolute atomic E-state index is 0.0988. The number of para-hydroxylation sites is 1. The van der Waals surface area contributed by atoms with Gasteiger partial charge in [-0.1, -0.05) is 29.5 Å². The second-order valence-corrected chi connectivity index (χ2v) is 8.97. The summed E-state index contributed by atoms with van der Waals surface area (Å²) >= 11 is 1.43. The highest BCUT2D eigenvalue weighted by atomic mass is 32.1. The van der Waals surface area contributed by atoms with E-state index in [1.54, 1.807) is 21.3 Å². The van der Waals surface area contributed by atoms with E-state index in [2.05, 4.69) is 44.1 Å². The molecule has 2 aromatic carbocycles. The van der Waals surface area contributed by atoms with Crippen LogP contribution in [0, 0.1) is 0 Å². The summed E-state index contributed by atoms with van der Waals surface area (Å²) in [5, 5.41) is 15.2. The van der Waals surface area contributed by atoms with Gasteiger partial charge in [-0.15, -0.1) is 0 Å². The Kier molecular flexibility index (Phi) is 6.16. The van der Waals surface area contributed by atoms with Crippen LogP contribution in [0.15, 0.2) is 48.8 Å². The van der Waals surface area contributed by atoms with Gasteiger partial charge in [0.05, 0.1) is 32.2 Å². The molecule has 1 N–H and O–H groups in total. The zero-order valence-corrected chi connectivity index (χ0v) is 20.2. The number of hydrogen-bond donors (Lipinski definition) is 1. The molecular weight excluding hydrogens is 454 g/mol. The van der Waals surface area contributed by atoms with Crippen LogP contribution < -0.4 is 19.1 Å². The Balaban J connectivity index is 1.55. The van der Waals surface area contributed by atoms with Crippen molar-refractivity contribution >= 4 is 22.0 Å². The molecule has 1 unspecified atom stereocenters. The van der Waals surface area contributed by atoms with E-state index < -0.39 is 0 Å². The van der Waals surface area contributed by atoms with Crippen molar-refractivity contribution in [2.75, 3.05) is 52.4 Å². The van der Waals surface area contributed by atoms with Crippen LogP contribution in [0.1, 0.15) is 16.5 Å². The Labute approximate surface area is 201 Å². The number of ether oxygens (including phenoxy) is 3. The van der Waals surface area contributed by atoms with Crippen molar-refractivity contribution in [1.82, 2.24) is 19.5 Å². The number of anilines is 1. The van der Waals surface area contributed by atoms with E-state index in [1.165, 1.54) is 27.9 Å². The van der Waals surface area contributed by atoms with E-state index in [0.717, 1.165) is 36.6 Å². The normalized spacial score (nSPS) is 15.4. The molecule has 0 radical (unpaired) electrons. The number of thiazole rings is 1. The average Bonchev–Trinajstić information content (AvgIpc) is 3.47. The molecule has 5 rings (SSSR count). The van der Waals surface area contributed by atoms with Crippen molar-refractivity contribution in [3.63, 3.8) is 0 Å². The van der Waals surface area contributed by atoms with E-state index in [0.29, 0.717) is 22.2 Å². The van der Waals surface area contributed by atoms with Gasteiger partial charge in [-0.25, -0.2) is 4.98 Å². The van der Waals surface area contributed by atoms with Crippen molar-refractivity contribution in [2.24, 2.45) is 0 Å². The van der Waals surface area contributed by atoms with E-state index in [1.807, 2.05) is 18.2 Å². The number of benzene rings is 2. The summed E-state index contributed by atoms with van der Waals surface area (Å²) in [7, 11) is 4.80. The van der Waals surface area contributed by atoms with E-state index >= 15 is 0 Å². The summed E-state index contributed by atoms with van der Waals surface area (Å²) in [5.74, 6) is 1.78. The third-order valence-corrected chi connectivity index (χ3v) is 7.28. The molecule has 0 spiro atoms. The molecule has 1 atom stereocenters. The van der Waals surface area contributed by atoms with E-state index in [-0.39, 0.29) is 11.9 Å². The third kappa shape index (κ3) is 3.88. The van der Waals surface area contributed by atoms with Crippen LogP contribution >= 0.6 is 11.3 Å². The van der Waals surface area contributed by atoms with Crippen molar-refractivity contribution in [1.29, 1.82) is 0 Å². The maximum atomic E-state index is 11.1. The monoisotopic (exact) mass is 481 g/mol. The van der Waals surface area contributed by atoms with Crippen LogP contribution in [0.3, 0.4) is 0 Å². The first-order chi connectivity index (χ1) is 16.6. The number of aromatic hydroxyl groups is 1. The second-order valence-electron chi connectivity index (χ2n) is 7.96. The van der Waals surface area contributed by atoms with Crippen LogP contribution in [0.25, 0.3) is 4.96 Å². The Bertz CT molecular complexity index is 1240. The summed E-state index contributed by atoms with van der Waals surface area (Å²) < 4.78 is 18.2. The summed E-state index contributed by atoms with van der Waals surface area (Å²) in [6, 6.07) is 14.1. The molecule has 1 aliphatic heterocycles. The summed E-state index contributed by atoms with van der Waals surface area (Å²) in [4.78, 5) is 10.5. The molecule has 0 aliphatic carbocycles. The SMILES string of the molecule is COc1cc(C(c2sc3ncnn3c2O)N2CCN(c3ccccc3)CC2)cc(OC)c1OC. The highest BCUT2D eigenvalue weighted by Gasteiger charge is 2.33. The zero-order valence-electron chi connectivity index (χ0n) is 19.3. The fourth-order valence-electron chi connectivity index (χ4n) is 4.54. The van der Waals surface area contributed by atoms with Gasteiger partial charge < -0.3 is 24.2 Å². The van der Waals surface area contributed by atoms with Crippen molar-refractivity contribution in [3.05, 3.63) is 59.2 Å². The van der Waals surface area contributed by atoms with Crippen LogP contribution in [0.2, 0.25) is 0 Å². The lowest BCUT2D eigenvalue weighted by Crippen LogP contribution is -2.47. The van der Waals surface area contributed by atoms with E-state index in [9.17, 15) is 5.11 Å². The minimum Gasteiger partial charge on any atom is -0.493 e. The second kappa shape index (κ2) is 9.40. The number of methoxy groups -OCH3 is 3. The summed E-state index contributed by atoms with van der Waals surface area (Å²) in [6.45, 7) is 3.35. The van der Waals surface area contributed by atoms with E-state index in [4.69, 9.17) is 14.2 Å². The lowest BCUT2D eigenvalue weighted by atomic mass is 10.0. The Morgan fingerprint density at radius 1 is 0.941 bits per heavy atom. The number of piperazine rings is 1. The largest absolute Gasteiger partial charge is 0.493 e. The molecule has 2 aromatic heterocycles. The fraction of sp³-hybridized carbons (Fsp3) is 0.333. The first-order valence-electron chi connectivity index (χ1n) is 11.0. The summed E-state index contributed by atoms with van der Waals surface area (Å²) in [5.41, 5.74) is 2.15. The molecule has 0 amide bonds. The number of fused-ring (bicyclic) bond motifs is 1. The standard InChI is InChI=1S/C24H27N5O4S/c1-31-18-13-16(14-19(32-2)21(18)33-3)20(22-23(30)29-24(34-22)25-15-26-29)28-11-9-27(10-12-28)17-7-5-4-6-8-17/h4-8,13-15,20,30H,9-12H2,1-3H3. The molecule has 0 bridgehead atoms. The van der Waals surface area contributed by atoms with Gasteiger partial charge in [0.1, 0.15) is 6.33 Å². The maximum Gasteiger partial charge on any atom is 0.230 e. The van der Waals surface area contributed by atoms with Crippen molar-refractivity contribution in [2.45, 2.75) is 6.04 Å². The number of aromatic nitrogens is 3. The molecule has 1 fully saturated rings. The maximum absolute atomic E-state index is 11.1. The highest BCUT2D eigenvalue weighted by Crippen LogP contribution is 2.45. The lowest BCUT2D eigenvalue weighted by Gasteiger charge is -2.40. The predicted octanol–water partition coefficient (Wildman–Crippen LogP) is 3.43. The smallest absolute Gasteiger partial charge is 0.230 e. The Morgan fingerprint density at radius 3 is 2.21 bits per heavy atom. The zero-order chi connectivity index (χ0) is 23.7. The van der Waals surface area contributed by atoms with Gasteiger partial charge in [0.2, 0.25) is 16.6 Å². The number of nitrogens with zero attached hydrogens (tertiary/aromatic N) is 5. The molecule has 9 nitrogen and oxygen atoms in total. The van der Waals surface area contributed by atoms with Crippen molar-refractivity contribution < 1.29 is 19.3 Å². The Hall–Kier alpha value is -3.50. The van der Waals surface area contributed by atoms with Gasteiger partial charge in [-0.3, -0.25) is 4.90 Å². The van der Waals surface area contributed by atoms with Gasteiger partial charge in [0.25, 0.3) is 0 Å².